The third kappa shape index (κ3) is 5.78. The van der Waals surface area contributed by atoms with Gasteiger partial charge in [-0.25, -0.2) is 0 Å². The first-order chi connectivity index (χ1) is 6.74. The van der Waals surface area contributed by atoms with Gasteiger partial charge in [0.25, 0.3) is 0 Å². The summed E-state index contributed by atoms with van der Waals surface area (Å²) in [7, 11) is 0. The van der Waals surface area contributed by atoms with E-state index in [1.54, 1.807) is 6.08 Å². The van der Waals surface area contributed by atoms with Crippen LogP contribution in [0.25, 0.3) is 0 Å². The Balaban J connectivity index is 0. The normalized spacial score (nSPS) is 14.0. The van der Waals surface area contributed by atoms with E-state index in [1.807, 2.05) is 33.8 Å². The lowest BCUT2D eigenvalue weighted by Crippen LogP contribution is -1.95. The zero-order valence-corrected chi connectivity index (χ0v) is 9.33. The molecule has 0 saturated carbocycles. The Bertz CT molecular complexity index is 270. The number of allylic oxidation sites excluding steroid dienone is 4. The Kier molecular flexibility index (Phi) is 9.74. The van der Waals surface area contributed by atoms with E-state index in [4.69, 9.17) is 9.47 Å². The molecule has 2 nitrogen and oxygen atoms in total. The minimum absolute atomic E-state index is 0. The monoisotopic (exact) mass is 210 g/mol. The van der Waals surface area contributed by atoms with E-state index in [0.717, 1.165) is 17.1 Å². The Morgan fingerprint density at radius 3 is 2.27 bits per heavy atom. The van der Waals surface area contributed by atoms with Crippen molar-refractivity contribution in [2.45, 2.75) is 35.1 Å². The van der Waals surface area contributed by atoms with Crippen molar-refractivity contribution in [3.05, 3.63) is 48.3 Å². The molecule has 1 aliphatic heterocycles. The van der Waals surface area contributed by atoms with E-state index in [9.17, 15) is 0 Å². The van der Waals surface area contributed by atoms with Crippen molar-refractivity contribution in [3.63, 3.8) is 0 Å². The molecule has 0 aliphatic carbocycles. The van der Waals surface area contributed by atoms with Crippen LogP contribution in [0.1, 0.15) is 35.1 Å². The van der Waals surface area contributed by atoms with Crippen LogP contribution < -0.4 is 0 Å². The molecule has 0 atom stereocenters. The van der Waals surface area contributed by atoms with Crippen molar-refractivity contribution >= 4 is 0 Å². The van der Waals surface area contributed by atoms with E-state index in [1.165, 1.54) is 12.5 Å². The summed E-state index contributed by atoms with van der Waals surface area (Å²) < 4.78 is 10.3. The summed E-state index contributed by atoms with van der Waals surface area (Å²) >= 11 is 0. The van der Waals surface area contributed by atoms with Gasteiger partial charge in [-0.05, 0) is 25.5 Å². The highest BCUT2D eigenvalue weighted by molar-refractivity contribution is 5.26. The Labute approximate surface area is 93.6 Å². The van der Waals surface area contributed by atoms with Gasteiger partial charge in [-0.1, -0.05) is 33.9 Å². The van der Waals surface area contributed by atoms with E-state index in [0.29, 0.717) is 0 Å². The van der Waals surface area contributed by atoms with Gasteiger partial charge < -0.3 is 9.47 Å². The maximum Gasteiger partial charge on any atom is 0.164 e. The van der Waals surface area contributed by atoms with Gasteiger partial charge in [0, 0.05) is 0 Å². The fourth-order valence-electron chi connectivity index (χ4n) is 0.773. The van der Waals surface area contributed by atoms with Gasteiger partial charge in [-0.3, -0.25) is 0 Å². The van der Waals surface area contributed by atoms with Crippen LogP contribution in [0, 0.1) is 0 Å². The average Bonchev–Trinajstić information content (AvgIpc) is 2.24. The minimum Gasteiger partial charge on any atom is -0.463 e. The van der Waals surface area contributed by atoms with Crippen LogP contribution in [0.5, 0.6) is 0 Å². The molecule has 1 aliphatic rings. The fraction of sp³-hybridized carbons (Fsp3) is 0.385. The number of rotatable bonds is 2. The molecule has 0 aromatic carbocycles. The van der Waals surface area contributed by atoms with Crippen LogP contribution in [0.15, 0.2) is 48.3 Å². The van der Waals surface area contributed by atoms with E-state index < -0.39 is 0 Å². The van der Waals surface area contributed by atoms with Crippen LogP contribution in [-0.2, 0) is 9.47 Å². The Morgan fingerprint density at radius 2 is 1.80 bits per heavy atom. The SMILES string of the molecule is C.C=C/C(C)=C\C1=C(C)OC=CO1.CC. The highest BCUT2D eigenvalue weighted by atomic mass is 16.5. The van der Waals surface area contributed by atoms with Gasteiger partial charge in [-0.15, -0.1) is 0 Å². The first-order valence-corrected chi connectivity index (χ1v) is 4.74. The molecule has 1 rings (SSSR count). The lowest BCUT2D eigenvalue weighted by atomic mass is 10.2. The van der Waals surface area contributed by atoms with Crippen LogP contribution in [0.2, 0.25) is 0 Å². The predicted octanol–water partition coefficient (Wildman–Crippen LogP) is 4.53. The fourth-order valence-corrected chi connectivity index (χ4v) is 0.773. The second kappa shape index (κ2) is 9.13. The van der Waals surface area contributed by atoms with Gasteiger partial charge in [-0.2, -0.15) is 0 Å². The largest absolute Gasteiger partial charge is 0.463 e. The zero-order valence-electron chi connectivity index (χ0n) is 9.33. The first kappa shape index (κ1) is 16.0. The molecule has 0 aromatic rings. The van der Waals surface area contributed by atoms with Crippen LogP contribution >= 0.6 is 0 Å². The van der Waals surface area contributed by atoms with Crippen molar-refractivity contribution in [1.82, 2.24) is 0 Å². The van der Waals surface area contributed by atoms with Crippen molar-refractivity contribution < 1.29 is 9.47 Å². The molecule has 15 heavy (non-hydrogen) atoms. The molecule has 0 radical (unpaired) electrons. The third-order valence-electron chi connectivity index (χ3n) is 1.52. The van der Waals surface area contributed by atoms with E-state index in [-0.39, 0.29) is 7.43 Å². The molecule has 0 aromatic heterocycles. The Morgan fingerprint density at radius 1 is 1.27 bits per heavy atom. The summed E-state index contributed by atoms with van der Waals surface area (Å²) in [6.45, 7) is 11.5. The molecule has 0 saturated heterocycles. The first-order valence-electron chi connectivity index (χ1n) is 4.74. The van der Waals surface area contributed by atoms with Gasteiger partial charge in [0.1, 0.15) is 18.3 Å². The molecule has 1 heterocycles. The van der Waals surface area contributed by atoms with E-state index in [2.05, 4.69) is 6.58 Å². The molecule has 0 unspecified atom stereocenters. The highest BCUT2D eigenvalue weighted by Crippen LogP contribution is 2.16. The van der Waals surface area contributed by atoms with Crippen LogP contribution in [-0.4, -0.2) is 0 Å². The van der Waals surface area contributed by atoms with Crippen molar-refractivity contribution in [1.29, 1.82) is 0 Å². The quantitative estimate of drug-likeness (QED) is 0.623. The maximum atomic E-state index is 5.21. The van der Waals surface area contributed by atoms with Crippen LogP contribution in [0.3, 0.4) is 0 Å². The highest BCUT2D eigenvalue weighted by Gasteiger charge is 2.04. The van der Waals surface area contributed by atoms with Crippen molar-refractivity contribution in [2.75, 3.05) is 0 Å². The molecule has 0 amide bonds. The molecule has 0 bridgehead atoms. The number of ether oxygens (including phenoxy) is 2. The maximum absolute atomic E-state index is 5.21. The van der Waals surface area contributed by atoms with Crippen LogP contribution in [0.4, 0.5) is 0 Å². The lowest BCUT2D eigenvalue weighted by molar-refractivity contribution is 0.238. The van der Waals surface area contributed by atoms with Crippen molar-refractivity contribution in [3.8, 4) is 0 Å². The predicted molar refractivity (Wildman–Crippen MR) is 66.0 cm³/mol. The molecule has 2 heteroatoms. The number of hydrogen-bond acceptors (Lipinski definition) is 2. The molecular formula is C13H22O2. The smallest absolute Gasteiger partial charge is 0.164 e. The van der Waals surface area contributed by atoms with Crippen molar-refractivity contribution in [2.24, 2.45) is 0 Å². The average molecular weight is 210 g/mol. The standard InChI is InChI=1S/C10H12O2.C2H6.CH4/c1-4-8(2)7-10-9(3)11-5-6-12-10;1-2;/h4-7H,1H2,2-3H3;1-2H3;1H4/b8-7-;;. The molecule has 86 valence electrons. The summed E-state index contributed by atoms with van der Waals surface area (Å²) in [6.07, 6.45) is 6.67. The third-order valence-corrected chi connectivity index (χ3v) is 1.52. The second-order valence-electron chi connectivity index (χ2n) is 2.52. The lowest BCUT2D eigenvalue weighted by Gasteiger charge is -2.11. The zero-order chi connectivity index (χ0) is 11.0. The topological polar surface area (TPSA) is 18.5 Å². The van der Waals surface area contributed by atoms with Gasteiger partial charge in [0.2, 0.25) is 0 Å². The number of hydrogen-bond donors (Lipinski definition) is 0. The molecular weight excluding hydrogens is 188 g/mol. The summed E-state index contributed by atoms with van der Waals surface area (Å²) in [6, 6.07) is 0. The Hall–Kier alpha value is -1.44. The summed E-state index contributed by atoms with van der Waals surface area (Å²) in [4.78, 5) is 0. The van der Waals surface area contributed by atoms with Gasteiger partial charge in [0.15, 0.2) is 5.76 Å². The van der Waals surface area contributed by atoms with E-state index >= 15 is 0 Å². The summed E-state index contributed by atoms with van der Waals surface area (Å²) in [5.74, 6) is 1.49. The van der Waals surface area contributed by atoms with Gasteiger partial charge >= 0.3 is 0 Å². The van der Waals surface area contributed by atoms with Gasteiger partial charge in [0.05, 0.1) is 0 Å². The second-order valence-corrected chi connectivity index (χ2v) is 2.52. The molecule has 0 spiro atoms. The summed E-state index contributed by atoms with van der Waals surface area (Å²) in [5, 5.41) is 0. The minimum atomic E-state index is 0. The molecule has 0 N–H and O–H groups in total. The molecule has 0 fully saturated rings. The summed E-state index contributed by atoms with van der Waals surface area (Å²) in [5.41, 5.74) is 1.04.